The summed E-state index contributed by atoms with van der Waals surface area (Å²) in [6.07, 6.45) is -0.0374. The van der Waals surface area contributed by atoms with E-state index in [0.29, 0.717) is 5.75 Å². The summed E-state index contributed by atoms with van der Waals surface area (Å²) in [6, 6.07) is 7.66. The summed E-state index contributed by atoms with van der Waals surface area (Å²) in [6.45, 7) is 3.70. The molecule has 1 aromatic carbocycles. The van der Waals surface area contributed by atoms with E-state index in [1.807, 2.05) is 38.1 Å². The zero-order valence-corrected chi connectivity index (χ0v) is 10.4. The number of carbonyl (C=O) groups excluding carboxylic acids is 1. The van der Waals surface area contributed by atoms with E-state index in [1.54, 1.807) is 11.8 Å². The van der Waals surface area contributed by atoms with E-state index in [0.717, 1.165) is 17.0 Å². The quantitative estimate of drug-likeness (QED) is 0.633. The first kappa shape index (κ1) is 12.9. The van der Waals surface area contributed by atoms with Crippen LogP contribution in [-0.4, -0.2) is 17.8 Å². The monoisotopic (exact) mass is 239 g/mol. The number of carbonyl (C=O) groups is 1. The van der Waals surface area contributed by atoms with Crippen molar-refractivity contribution in [2.24, 2.45) is 0 Å². The Balaban J connectivity index is 2.25. The second kappa shape index (κ2) is 6.43. The summed E-state index contributed by atoms with van der Waals surface area (Å²) in [4.78, 5) is 11.2. The van der Waals surface area contributed by atoms with Crippen molar-refractivity contribution in [3.8, 4) is 0 Å². The molecule has 0 fully saturated rings. The molecule has 0 saturated carbocycles. The molecule has 16 heavy (non-hydrogen) atoms. The molecule has 3 nitrogen and oxygen atoms in total. The van der Waals surface area contributed by atoms with Crippen LogP contribution in [0, 0.1) is 0 Å². The highest BCUT2D eigenvalue weighted by Gasteiger charge is 2.05. The fourth-order valence-corrected chi connectivity index (χ4v) is 1.93. The van der Waals surface area contributed by atoms with Gasteiger partial charge in [-0.25, -0.2) is 0 Å². The van der Waals surface area contributed by atoms with Gasteiger partial charge in [-0.15, -0.1) is 11.8 Å². The minimum absolute atomic E-state index is 0.0374. The highest BCUT2D eigenvalue weighted by Crippen LogP contribution is 2.14. The van der Waals surface area contributed by atoms with E-state index in [4.69, 9.17) is 10.5 Å². The van der Waals surface area contributed by atoms with Crippen molar-refractivity contribution >= 4 is 23.4 Å². The first-order valence-electron chi connectivity index (χ1n) is 5.19. The average Bonchev–Trinajstić information content (AvgIpc) is 2.20. The van der Waals surface area contributed by atoms with Gasteiger partial charge in [-0.3, -0.25) is 4.79 Å². The number of benzene rings is 1. The maximum absolute atomic E-state index is 11.2. The third-order valence-electron chi connectivity index (χ3n) is 1.84. The smallest absolute Gasteiger partial charge is 0.316 e. The van der Waals surface area contributed by atoms with Gasteiger partial charge in [0.2, 0.25) is 0 Å². The number of hydrogen-bond donors (Lipinski definition) is 1. The van der Waals surface area contributed by atoms with Crippen molar-refractivity contribution in [3.63, 3.8) is 0 Å². The van der Waals surface area contributed by atoms with Gasteiger partial charge in [-0.1, -0.05) is 12.1 Å². The van der Waals surface area contributed by atoms with E-state index in [1.165, 1.54) is 0 Å². The fourth-order valence-electron chi connectivity index (χ4n) is 1.16. The molecule has 0 unspecified atom stereocenters. The lowest BCUT2D eigenvalue weighted by Gasteiger charge is -2.07. The summed E-state index contributed by atoms with van der Waals surface area (Å²) in [5, 5.41) is 0. The van der Waals surface area contributed by atoms with E-state index in [2.05, 4.69) is 0 Å². The highest BCUT2D eigenvalue weighted by atomic mass is 32.2. The molecule has 0 heterocycles. The van der Waals surface area contributed by atoms with Crippen LogP contribution in [0.15, 0.2) is 24.3 Å². The molecule has 0 saturated heterocycles. The Morgan fingerprint density at radius 3 is 2.56 bits per heavy atom. The van der Waals surface area contributed by atoms with Crippen molar-refractivity contribution in [2.75, 3.05) is 11.5 Å². The first-order valence-corrected chi connectivity index (χ1v) is 6.35. The Kier molecular flexibility index (Phi) is 5.19. The van der Waals surface area contributed by atoms with Gasteiger partial charge in [0.15, 0.2) is 0 Å². The fraction of sp³-hybridized carbons (Fsp3) is 0.417. The second-order valence-electron chi connectivity index (χ2n) is 3.77. The van der Waals surface area contributed by atoms with E-state index >= 15 is 0 Å². The van der Waals surface area contributed by atoms with Gasteiger partial charge in [0.05, 0.1) is 11.9 Å². The average molecular weight is 239 g/mol. The van der Waals surface area contributed by atoms with Crippen molar-refractivity contribution < 1.29 is 9.53 Å². The summed E-state index contributed by atoms with van der Waals surface area (Å²) in [5.41, 5.74) is 7.50. The van der Waals surface area contributed by atoms with Gasteiger partial charge in [-0.2, -0.15) is 0 Å². The minimum atomic E-state index is -0.157. The van der Waals surface area contributed by atoms with Gasteiger partial charge in [-0.05, 0) is 31.5 Å². The van der Waals surface area contributed by atoms with Crippen LogP contribution in [-0.2, 0) is 15.3 Å². The van der Waals surface area contributed by atoms with Gasteiger partial charge in [0.25, 0.3) is 0 Å². The molecule has 88 valence electrons. The number of anilines is 1. The van der Waals surface area contributed by atoms with Gasteiger partial charge < -0.3 is 10.5 Å². The van der Waals surface area contributed by atoms with Gasteiger partial charge in [0, 0.05) is 11.4 Å². The lowest BCUT2D eigenvalue weighted by Crippen LogP contribution is -2.13. The Hall–Kier alpha value is -1.16. The third-order valence-corrected chi connectivity index (χ3v) is 2.81. The molecule has 0 spiro atoms. The number of nitrogen functional groups attached to an aromatic ring is 1. The van der Waals surface area contributed by atoms with Crippen molar-refractivity contribution in [3.05, 3.63) is 29.8 Å². The highest BCUT2D eigenvalue weighted by molar-refractivity contribution is 7.99. The van der Waals surface area contributed by atoms with Crippen LogP contribution in [0.2, 0.25) is 0 Å². The molecule has 1 rings (SSSR count). The number of rotatable bonds is 5. The molecule has 0 aromatic heterocycles. The maximum Gasteiger partial charge on any atom is 0.316 e. The molecule has 0 bridgehead atoms. The van der Waals surface area contributed by atoms with Gasteiger partial charge in [0.1, 0.15) is 0 Å². The normalized spacial score (nSPS) is 10.4. The topological polar surface area (TPSA) is 52.3 Å². The number of thioether (sulfide) groups is 1. The molecule has 0 atom stereocenters. The number of hydrogen-bond acceptors (Lipinski definition) is 4. The SMILES string of the molecule is CC(C)OC(=O)CSCc1ccc(N)cc1. The number of nitrogens with two attached hydrogens (primary N) is 1. The molecule has 0 aliphatic carbocycles. The lowest BCUT2D eigenvalue weighted by molar-refractivity contribution is -0.144. The van der Waals surface area contributed by atoms with Crippen molar-refractivity contribution in [2.45, 2.75) is 25.7 Å². The summed E-state index contributed by atoms with van der Waals surface area (Å²) >= 11 is 1.55. The van der Waals surface area contributed by atoms with Crippen molar-refractivity contribution in [1.82, 2.24) is 0 Å². The Morgan fingerprint density at radius 1 is 1.38 bits per heavy atom. The molecular formula is C12H17NO2S. The van der Waals surface area contributed by atoms with Crippen LogP contribution in [0.5, 0.6) is 0 Å². The molecule has 4 heteroatoms. The van der Waals surface area contributed by atoms with Gasteiger partial charge >= 0.3 is 5.97 Å². The Labute approximate surface area is 100 Å². The standard InChI is InChI=1S/C12H17NO2S/c1-9(2)15-12(14)8-16-7-10-3-5-11(13)6-4-10/h3-6,9H,7-8,13H2,1-2H3. The van der Waals surface area contributed by atoms with Crippen LogP contribution in [0.25, 0.3) is 0 Å². The molecule has 0 aliphatic rings. The largest absolute Gasteiger partial charge is 0.462 e. The predicted octanol–water partition coefficient (Wildman–Crippen LogP) is 2.45. The van der Waals surface area contributed by atoms with Crippen LogP contribution >= 0.6 is 11.8 Å². The molecular weight excluding hydrogens is 222 g/mol. The van der Waals surface area contributed by atoms with E-state index in [-0.39, 0.29) is 12.1 Å². The minimum Gasteiger partial charge on any atom is -0.462 e. The maximum atomic E-state index is 11.2. The lowest BCUT2D eigenvalue weighted by atomic mass is 10.2. The first-order chi connectivity index (χ1) is 7.58. The molecule has 2 N–H and O–H groups in total. The molecule has 0 aliphatic heterocycles. The number of esters is 1. The van der Waals surface area contributed by atoms with Crippen LogP contribution in [0.3, 0.4) is 0 Å². The van der Waals surface area contributed by atoms with Crippen LogP contribution in [0.1, 0.15) is 19.4 Å². The second-order valence-corrected chi connectivity index (χ2v) is 4.76. The van der Waals surface area contributed by atoms with Crippen LogP contribution < -0.4 is 5.73 Å². The molecule has 0 amide bonds. The Bertz CT molecular complexity index is 335. The molecule has 0 radical (unpaired) electrons. The summed E-state index contributed by atoms with van der Waals surface area (Å²) < 4.78 is 5.03. The van der Waals surface area contributed by atoms with Crippen molar-refractivity contribution in [1.29, 1.82) is 0 Å². The zero-order valence-electron chi connectivity index (χ0n) is 9.60. The summed E-state index contributed by atoms with van der Waals surface area (Å²) in [5.74, 6) is 1.03. The third kappa shape index (κ3) is 5.07. The van der Waals surface area contributed by atoms with E-state index in [9.17, 15) is 4.79 Å². The predicted molar refractivity (Wildman–Crippen MR) is 68.2 cm³/mol. The van der Waals surface area contributed by atoms with E-state index < -0.39 is 0 Å². The zero-order chi connectivity index (χ0) is 12.0. The molecule has 1 aromatic rings. The number of ether oxygens (including phenoxy) is 1. The summed E-state index contributed by atoms with van der Waals surface area (Å²) in [7, 11) is 0. The van der Waals surface area contributed by atoms with Crippen LogP contribution in [0.4, 0.5) is 5.69 Å². The Morgan fingerprint density at radius 2 is 2.00 bits per heavy atom.